The van der Waals surface area contributed by atoms with Crippen molar-refractivity contribution in [2.75, 3.05) is 13.1 Å². The average molecular weight is 395 g/mol. The van der Waals surface area contributed by atoms with Crippen molar-refractivity contribution in [3.05, 3.63) is 59.4 Å². The third-order valence-corrected chi connectivity index (χ3v) is 6.28. The summed E-state index contributed by atoms with van der Waals surface area (Å²) >= 11 is 0. The van der Waals surface area contributed by atoms with E-state index >= 15 is 0 Å². The summed E-state index contributed by atoms with van der Waals surface area (Å²) in [4.78, 5) is 27.1. The van der Waals surface area contributed by atoms with Gasteiger partial charge in [-0.1, -0.05) is 37.1 Å². The molecule has 4 rings (SSSR count). The Hall–Kier alpha value is -2.60. The standard InChI is InChI=1S/C23H30N4O2/c1-26-13-6-11-20(26)21(27-14-12-17-7-2-3-8-18(17)16-27)15-24-22(28)23(29)25-19-9-4-5-10-19/h2-3,6-8,11,13,19,21H,4-5,9-10,12,14-16H2,1H3,(H,24,28)(H,25,29). The molecule has 1 fully saturated rings. The normalized spacial score (nSPS) is 18.2. The van der Waals surface area contributed by atoms with Gasteiger partial charge >= 0.3 is 11.8 Å². The van der Waals surface area contributed by atoms with Gasteiger partial charge in [-0.15, -0.1) is 0 Å². The van der Waals surface area contributed by atoms with Crippen molar-refractivity contribution in [3.63, 3.8) is 0 Å². The van der Waals surface area contributed by atoms with Crippen LogP contribution in [0.2, 0.25) is 0 Å². The van der Waals surface area contributed by atoms with Crippen LogP contribution in [0.3, 0.4) is 0 Å². The van der Waals surface area contributed by atoms with Gasteiger partial charge in [-0.2, -0.15) is 0 Å². The zero-order chi connectivity index (χ0) is 20.2. The fraction of sp³-hybridized carbons (Fsp3) is 0.478. The van der Waals surface area contributed by atoms with E-state index < -0.39 is 11.8 Å². The van der Waals surface area contributed by atoms with Crippen LogP contribution in [-0.4, -0.2) is 40.4 Å². The van der Waals surface area contributed by atoms with Crippen LogP contribution in [-0.2, 0) is 29.6 Å². The van der Waals surface area contributed by atoms with Gasteiger partial charge in [0.2, 0.25) is 0 Å². The maximum atomic E-state index is 12.4. The number of hydrogen-bond acceptors (Lipinski definition) is 3. The highest BCUT2D eigenvalue weighted by Crippen LogP contribution is 2.27. The zero-order valence-corrected chi connectivity index (χ0v) is 17.1. The van der Waals surface area contributed by atoms with Crippen molar-refractivity contribution in [1.82, 2.24) is 20.1 Å². The Morgan fingerprint density at radius 1 is 1.07 bits per heavy atom. The first-order valence-corrected chi connectivity index (χ1v) is 10.6. The third-order valence-electron chi connectivity index (χ3n) is 6.28. The summed E-state index contributed by atoms with van der Waals surface area (Å²) in [5.41, 5.74) is 3.87. The summed E-state index contributed by atoms with van der Waals surface area (Å²) in [5, 5.41) is 5.76. The van der Waals surface area contributed by atoms with Crippen LogP contribution in [0, 0.1) is 0 Å². The van der Waals surface area contributed by atoms with E-state index in [1.165, 1.54) is 11.1 Å². The van der Waals surface area contributed by atoms with Crippen LogP contribution in [0.4, 0.5) is 0 Å². The van der Waals surface area contributed by atoms with E-state index in [1.807, 2.05) is 19.3 Å². The number of benzene rings is 1. The lowest BCUT2D eigenvalue weighted by molar-refractivity contribution is -0.139. The van der Waals surface area contributed by atoms with Crippen LogP contribution in [0.15, 0.2) is 42.6 Å². The lowest BCUT2D eigenvalue weighted by atomic mass is 9.98. The molecule has 29 heavy (non-hydrogen) atoms. The number of carbonyl (C=O) groups is 2. The van der Waals surface area contributed by atoms with Crippen molar-refractivity contribution in [2.24, 2.45) is 7.05 Å². The van der Waals surface area contributed by atoms with Crippen molar-refractivity contribution in [1.29, 1.82) is 0 Å². The topological polar surface area (TPSA) is 66.4 Å². The predicted molar refractivity (Wildman–Crippen MR) is 112 cm³/mol. The number of amides is 2. The molecule has 1 unspecified atom stereocenters. The molecule has 2 aromatic rings. The number of fused-ring (bicyclic) bond motifs is 1. The van der Waals surface area contributed by atoms with Gasteiger partial charge in [-0.05, 0) is 42.5 Å². The first-order valence-electron chi connectivity index (χ1n) is 10.6. The molecule has 6 nitrogen and oxygen atoms in total. The Kier molecular flexibility index (Phi) is 6.00. The number of nitrogens with zero attached hydrogens (tertiary/aromatic N) is 2. The molecule has 1 aromatic carbocycles. The summed E-state index contributed by atoms with van der Waals surface area (Å²) in [6.07, 6.45) is 7.20. The molecule has 2 amide bonds. The molecule has 0 radical (unpaired) electrons. The predicted octanol–water partition coefficient (Wildman–Crippen LogP) is 2.30. The lowest BCUT2D eigenvalue weighted by Gasteiger charge is -2.36. The minimum absolute atomic E-state index is 0.0200. The summed E-state index contributed by atoms with van der Waals surface area (Å²) in [7, 11) is 2.02. The number of hydrogen-bond donors (Lipinski definition) is 2. The lowest BCUT2D eigenvalue weighted by Crippen LogP contribution is -2.47. The van der Waals surface area contributed by atoms with Gasteiger partial charge in [-0.3, -0.25) is 14.5 Å². The maximum absolute atomic E-state index is 12.4. The molecule has 6 heteroatoms. The van der Waals surface area contributed by atoms with E-state index in [4.69, 9.17) is 0 Å². The van der Waals surface area contributed by atoms with E-state index in [2.05, 4.69) is 50.4 Å². The largest absolute Gasteiger partial charge is 0.353 e. The van der Waals surface area contributed by atoms with Crippen molar-refractivity contribution < 1.29 is 9.59 Å². The molecule has 0 bridgehead atoms. The average Bonchev–Trinajstić information content (AvgIpc) is 3.40. The van der Waals surface area contributed by atoms with Gasteiger partial charge in [0.25, 0.3) is 0 Å². The van der Waals surface area contributed by atoms with E-state index in [-0.39, 0.29) is 12.1 Å². The Bertz CT molecular complexity index is 869. The zero-order valence-electron chi connectivity index (χ0n) is 17.1. The maximum Gasteiger partial charge on any atom is 0.309 e. The Morgan fingerprint density at radius 3 is 2.55 bits per heavy atom. The van der Waals surface area contributed by atoms with Gasteiger partial charge in [-0.25, -0.2) is 0 Å². The van der Waals surface area contributed by atoms with E-state index in [9.17, 15) is 9.59 Å². The quantitative estimate of drug-likeness (QED) is 0.765. The minimum Gasteiger partial charge on any atom is -0.353 e. The van der Waals surface area contributed by atoms with Gasteiger partial charge in [0, 0.05) is 44.6 Å². The molecule has 0 spiro atoms. The second-order valence-electron chi connectivity index (χ2n) is 8.21. The third kappa shape index (κ3) is 4.53. The summed E-state index contributed by atoms with van der Waals surface area (Å²) in [6, 6.07) is 12.8. The molecule has 0 saturated heterocycles. The molecule has 2 aliphatic rings. The van der Waals surface area contributed by atoms with Crippen LogP contribution < -0.4 is 10.6 Å². The second-order valence-corrected chi connectivity index (χ2v) is 8.21. The van der Waals surface area contributed by atoms with Gasteiger partial charge in [0.15, 0.2) is 0 Å². The number of aryl methyl sites for hydroxylation is 1. The van der Waals surface area contributed by atoms with Gasteiger partial charge < -0.3 is 15.2 Å². The summed E-state index contributed by atoms with van der Waals surface area (Å²) < 4.78 is 2.09. The second kappa shape index (κ2) is 8.82. The van der Waals surface area contributed by atoms with E-state index in [1.54, 1.807) is 0 Å². The smallest absolute Gasteiger partial charge is 0.309 e. The van der Waals surface area contributed by atoms with Crippen molar-refractivity contribution in [2.45, 2.75) is 50.7 Å². The van der Waals surface area contributed by atoms with Crippen LogP contribution in [0.1, 0.15) is 48.5 Å². The number of nitrogens with one attached hydrogen (secondary N) is 2. The molecule has 2 heterocycles. The first-order chi connectivity index (χ1) is 14.1. The number of aromatic nitrogens is 1. The van der Waals surface area contributed by atoms with Gasteiger partial charge in [0.1, 0.15) is 0 Å². The molecule has 1 aliphatic heterocycles. The Morgan fingerprint density at radius 2 is 1.83 bits per heavy atom. The van der Waals surface area contributed by atoms with Crippen LogP contribution in [0.5, 0.6) is 0 Å². The Labute approximate surface area is 172 Å². The highest BCUT2D eigenvalue weighted by Gasteiger charge is 2.28. The van der Waals surface area contributed by atoms with Crippen molar-refractivity contribution >= 4 is 11.8 Å². The van der Waals surface area contributed by atoms with E-state index in [0.717, 1.165) is 50.9 Å². The van der Waals surface area contributed by atoms with Crippen LogP contribution >= 0.6 is 0 Å². The molecule has 2 N–H and O–H groups in total. The SMILES string of the molecule is Cn1cccc1C(CNC(=O)C(=O)NC1CCCC1)N1CCc2ccccc2C1. The molecular formula is C23H30N4O2. The first kappa shape index (κ1) is 19.7. The van der Waals surface area contributed by atoms with Gasteiger partial charge in [0.05, 0.1) is 6.04 Å². The van der Waals surface area contributed by atoms with Crippen LogP contribution in [0.25, 0.3) is 0 Å². The minimum atomic E-state index is -0.534. The molecule has 1 atom stereocenters. The monoisotopic (exact) mass is 394 g/mol. The molecule has 1 aliphatic carbocycles. The molecular weight excluding hydrogens is 364 g/mol. The molecule has 1 saturated carbocycles. The number of rotatable bonds is 5. The fourth-order valence-corrected chi connectivity index (χ4v) is 4.62. The Balaban J connectivity index is 1.43. The highest BCUT2D eigenvalue weighted by molar-refractivity contribution is 6.35. The number of carbonyl (C=O) groups excluding carboxylic acids is 2. The summed E-state index contributed by atoms with van der Waals surface area (Å²) in [6.45, 7) is 2.18. The summed E-state index contributed by atoms with van der Waals surface area (Å²) in [5.74, 6) is -1.04. The molecule has 1 aromatic heterocycles. The van der Waals surface area contributed by atoms with E-state index in [0.29, 0.717) is 6.54 Å². The fourth-order valence-electron chi connectivity index (χ4n) is 4.62. The van der Waals surface area contributed by atoms with Crippen molar-refractivity contribution in [3.8, 4) is 0 Å². The highest BCUT2D eigenvalue weighted by atomic mass is 16.2. The molecule has 154 valence electrons.